The molecule has 1 aromatic rings. The Morgan fingerprint density at radius 2 is 2.00 bits per heavy atom. The van der Waals surface area contributed by atoms with E-state index in [-0.39, 0.29) is 16.3 Å². The van der Waals surface area contributed by atoms with Gasteiger partial charge in [0.25, 0.3) is 0 Å². The van der Waals surface area contributed by atoms with Gasteiger partial charge < -0.3 is 4.55 Å². The molecule has 0 aromatic heterocycles. The molecule has 0 aliphatic carbocycles. The minimum absolute atomic E-state index is 0.113. The Hall–Kier alpha value is -0.760. The highest BCUT2D eigenvalue weighted by atomic mass is 32.2. The summed E-state index contributed by atoms with van der Waals surface area (Å²) >= 11 is -2.31. The van der Waals surface area contributed by atoms with E-state index in [4.69, 9.17) is 4.55 Å². The number of hydrogen-bond donors (Lipinski definition) is 2. The molecule has 0 bridgehead atoms. The summed E-state index contributed by atoms with van der Waals surface area (Å²) in [5.41, 5.74) is 0. The maximum Gasteiger partial charge on any atom is 0.241 e. The van der Waals surface area contributed by atoms with E-state index >= 15 is 0 Å². The summed E-state index contributed by atoms with van der Waals surface area (Å²) in [5.74, 6) is 0. The van der Waals surface area contributed by atoms with Gasteiger partial charge in [-0.2, -0.15) is 0 Å². The maximum absolute atomic E-state index is 11.6. The fourth-order valence-electron chi connectivity index (χ4n) is 1.08. The number of rotatable bonds is 4. The molecule has 0 fully saturated rings. The van der Waals surface area contributed by atoms with Crippen molar-refractivity contribution >= 4 is 21.1 Å². The molecule has 2 N–H and O–H groups in total. The van der Waals surface area contributed by atoms with E-state index in [1.165, 1.54) is 24.3 Å². The second-order valence-electron chi connectivity index (χ2n) is 2.70. The Morgan fingerprint density at radius 1 is 1.40 bits per heavy atom. The molecule has 0 aliphatic heterocycles. The van der Waals surface area contributed by atoms with Crippen molar-refractivity contribution in [3.63, 3.8) is 0 Å². The lowest BCUT2D eigenvalue weighted by Gasteiger charge is -2.07. The van der Waals surface area contributed by atoms with E-state index in [0.717, 1.165) is 0 Å². The molecule has 0 radical (unpaired) electrons. The lowest BCUT2D eigenvalue weighted by Crippen LogP contribution is -2.24. The zero-order chi connectivity index (χ0) is 11.5. The Labute approximate surface area is 90.8 Å². The van der Waals surface area contributed by atoms with Gasteiger partial charge in [-0.25, -0.2) is 17.3 Å². The van der Waals surface area contributed by atoms with E-state index in [1.54, 1.807) is 6.92 Å². The van der Waals surface area contributed by atoms with Crippen LogP contribution in [0.3, 0.4) is 0 Å². The lowest BCUT2D eigenvalue weighted by atomic mass is 10.4. The summed E-state index contributed by atoms with van der Waals surface area (Å²) in [7, 11) is -3.69. The number of nitrogens with one attached hydrogen (secondary N) is 1. The van der Waals surface area contributed by atoms with Crippen LogP contribution in [0.25, 0.3) is 0 Å². The first kappa shape index (κ1) is 12.3. The van der Waals surface area contributed by atoms with E-state index in [9.17, 15) is 12.6 Å². The van der Waals surface area contributed by atoms with Crippen molar-refractivity contribution in [2.45, 2.75) is 16.7 Å². The molecule has 7 heteroatoms. The van der Waals surface area contributed by atoms with Gasteiger partial charge in [-0.1, -0.05) is 19.1 Å². The van der Waals surface area contributed by atoms with Gasteiger partial charge in [0.15, 0.2) is 11.1 Å². The molecule has 15 heavy (non-hydrogen) atoms. The largest absolute Gasteiger partial charge is 0.302 e. The quantitative estimate of drug-likeness (QED) is 0.764. The lowest BCUT2D eigenvalue weighted by molar-refractivity contribution is 0.556. The minimum Gasteiger partial charge on any atom is -0.302 e. The van der Waals surface area contributed by atoms with Crippen molar-refractivity contribution in [1.82, 2.24) is 4.72 Å². The molecule has 0 saturated carbocycles. The first-order valence-electron chi connectivity index (χ1n) is 4.18. The van der Waals surface area contributed by atoms with Crippen molar-refractivity contribution in [3.05, 3.63) is 24.3 Å². The molecule has 1 rings (SSSR count). The van der Waals surface area contributed by atoms with Gasteiger partial charge >= 0.3 is 0 Å². The van der Waals surface area contributed by atoms with Crippen LogP contribution in [0.4, 0.5) is 0 Å². The summed E-state index contributed by atoms with van der Waals surface area (Å²) in [6.45, 7) is 1.87. The van der Waals surface area contributed by atoms with E-state index in [1.807, 2.05) is 0 Å². The molecular formula is C8H11NO4S2. The third kappa shape index (κ3) is 2.85. The SMILES string of the molecule is CCNS(=O)(=O)c1ccccc1S(=O)O. The van der Waals surface area contributed by atoms with Gasteiger partial charge in [0.05, 0.1) is 4.90 Å². The van der Waals surface area contributed by atoms with E-state index in [0.29, 0.717) is 0 Å². The molecule has 1 aromatic carbocycles. The van der Waals surface area contributed by atoms with Crippen LogP contribution >= 0.6 is 0 Å². The molecule has 0 saturated heterocycles. The van der Waals surface area contributed by atoms with Gasteiger partial charge in [-0.3, -0.25) is 0 Å². The number of hydrogen-bond acceptors (Lipinski definition) is 3. The number of sulfonamides is 1. The van der Waals surface area contributed by atoms with Crippen LogP contribution in [0.1, 0.15) is 6.92 Å². The molecule has 0 heterocycles. The Morgan fingerprint density at radius 3 is 2.53 bits per heavy atom. The van der Waals surface area contributed by atoms with Gasteiger partial charge in [-0.05, 0) is 12.1 Å². The van der Waals surface area contributed by atoms with Crippen LogP contribution in [-0.2, 0) is 21.1 Å². The Bertz CT molecular complexity index is 469. The first-order chi connectivity index (χ1) is 6.99. The van der Waals surface area contributed by atoms with Crippen LogP contribution in [0.2, 0.25) is 0 Å². The highest BCUT2D eigenvalue weighted by Crippen LogP contribution is 2.17. The Kier molecular flexibility index (Phi) is 3.97. The summed E-state index contributed by atoms with van der Waals surface area (Å²) in [6.07, 6.45) is 0. The van der Waals surface area contributed by atoms with E-state index in [2.05, 4.69) is 4.72 Å². The highest BCUT2D eigenvalue weighted by Gasteiger charge is 2.19. The van der Waals surface area contributed by atoms with Crippen LogP contribution in [0.15, 0.2) is 34.1 Å². The second-order valence-corrected chi connectivity index (χ2v) is 5.37. The number of benzene rings is 1. The summed E-state index contributed by atoms with van der Waals surface area (Å²) in [4.78, 5) is -0.272. The fraction of sp³-hybridized carbons (Fsp3) is 0.250. The molecule has 1 atom stereocenters. The van der Waals surface area contributed by atoms with Gasteiger partial charge in [0, 0.05) is 6.54 Å². The summed E-state index contributed by atoms with van der Waals surface area (Å²) in [6, 6.07) is 5.61. The van der Waals surface area contributed by atoms with Crippen molar-refractivity contribution in [3.8, 4) is 0 Å². The van der Waals surface area contributed by atoms with Crippen molar-refractivity contribution < 1.29 is 17.2 Å². The van der Waals surface area contributed by atoms with E-state index < -0.39 is 21.1 Å². The second kappa shape index (κ2) is 4.84. The average molecular weight is 249 g/mol. The zero-order valence-electron chi connectivity index (χ0n) is 8.00. The molecule has 0 aliphatic rings. The van der Waals surface area contributed by atoms with Gasteiger partial charge in [0.2, 0.25) is 10.0 Å². The third-order valence-electron chi connectivity index (χ3n) is 1.66. The van der Waals surface area contributed by atoms with Crippen LogP contribution in [0, 0.1) is 0 Å². The average Bonchev–Trinajstić information content (AvgIpc) is 2.17. The van der Waals surface area contributed by atoms with Crippen LogP contribution in [-0.4, -0.2) is 23.7 Å². The van der Waals surface area contributed by atoms with Crippen LogP contribution < -0.4 is 4.72 Å². The van der Waals surface area contributed by atoms with Crippen molar-refractivity contribution in [1.29, 1.82) is 0 Å². The summed E-state index contributed by atoms with van der Waals surface area (Å²) in [5, 5.41) is 0. The molecular weight excluding hydrogens is 238 g/mol. The normalized spacial score (nSPS) is 13.7. The Balaban J connectivity index is 3.31. The fourth-order valence-corrected chi connectivity index (χ4v) is 3.19. The van der Waals surface area contributed by atoms with Gasteiger partial charge in [-0.15, -0.1) is 0 Å². The topological polar surface area (TPSA) is 83.5 Å². The first-order valence-corrected chi connectivity index (χ1v) is 6.77. The monoisotopic (exact) mass is 249 g/mol. The molecule has 5 nitrogen and oxygen atoms in total. The molecule has 1 unspecified atom stereocenters. The predicted octanol–water partition coefficient (Wildman–Crippen LogP) is 0.565. The van der Waals surface area contributed by atoms with Crippen molar-refractivity contribution in [2.75, 3.05) is 6.54 Å². The molecule has 0 amide bonds. The maximum atomic E-state index is 11.6. The predicted molar refractivity (Wildman–Crippen MR) is 56.3 cm³/mol. The third-order valence-corrected chi connectivity index (χ3v) is 4.13. The minimum atomic E-state index is -3.69. The van der Waals surface area contributed by atoms with Gasteiger partial charge in [0.1, 0.15) is 4.90 Å². The highest BCUT2D eigenvalue weighted by molar-refractivity contribution is 7.90. The van der Waals surface area contributed by atoms with Crippen molar-refractivity contribution in [2.24, 2.45) is 0 Å². The molecule has 0 spiro atoms. The van der Waals surface area contributed by atoms with Crippen LogP contribution in [0.5, 0.6) is 0 Å². The smallest absolute Gasteiger partial charge is 0.241 e. The molecule has 84 valence electrons. The standard InChI is InChI=1S/C8H11NO4S2/c1-2-9-15(12,13)8-6-4-3-5-7(8)14(10)11/h3-6,9H,2H2,1H3,(H,10,11). The zero-order valence-corrected chi connectivity index (χ0v) is 9.64. The summed E-state index contributed by atoms with van der Waals surface area (Å²) < 4.78 is 45.3.